The van der Waals surface area contributed by atoms with Crippen LogP contribution in [0.4, 0.5) is 4.39 Å². The molecule has 3 N–H and O–H groups in total. The second-order valence-corrected chi connectivity index (χ2v) is 5.37. The third kappa shape index (κ3) is 3.92. The zero-order valence-electron chi connectivity index (χ0n) is 12.8. The largest absolute Gasteiger partial charge is 0.368 e. The van der Waals surface area contributed by atoms with Gasteiger partial charge in [-0.1, -0.05) is 43.3 Å². The van der Waals surface area contributed by atoms with E-state index in [0.29, 0.717) is 0 Å². The number of aryl methyl sites for hydroxylation is 1. The molecule has 0 aliphatic rings. The molecule has 116 valence electrons. The van der Waals surface area contributed by atoms with E-state index in [4.69, 9.17) is 5.73 Å². The fourth-order valence-electron chi connectivity index (χ4n) is 2.35. The third-order valence-electron chi connectivity index (χ3n) is 3.75. The van der Waals surface area contributed by atoms with Crippen LogP contribution in [-0.2, 0) is 11.2 Å². The van der Waals surface area contributed by atoms with E-state index < -0.39 is 11.9 Å². The van der Waals surface area contributed by atoms with Crippen LogP contribution in [0.15, 0.2) is 48.5 Å². The highest BCUT2D eigenvalue weighted by Gasteiger charge is 2.19. The Morgan fingerprint density at radius 2 is 1.86 bits per heavy atom. The molecule has 4 heteroatoms. The number of primary amides is 1. The molecule has 2 aromatic rings. The van der Waals surface area contributed by atoms with E-state index >= 15 is 0 Å². The number of benzene rings is 2. The zero-order chi connectivity index (χ0) is 16.1. The topological polar surface area (TPSA) is 55.1 Å². The molecule has 0 aliphatic heterocycles. The van der Waals surface area contributed by atoms with Crippen LogP contribution >= 0.6 is 0 Å². The summed E-state index contributed by atoms with van der Waals surface area (Å²) >= 11 is 0. The van der Waals surface area contributed by atoms with Gasteiger partial charge in [0, 0.05) is 0 Å². The smallest absolute Gasteiger partial charge is 0.234 e. The Balaban J connectivity index is 2.37. The summed E-state index contributed by atoms with van der Waals surface area (Å²) in [5.41, 5.74) is 8.30. The molecule has 0 saturated carbocycles. The van der Waals surface area contributed by atoms with E-state index in [2.05, 4.69) is 12.2 Å². The molecule has 22 heavy (non-hydrogen) atoms. The number of rotatable bonds is 6. The second kappa shape index (κ2) is 7.18. The van der Waals surface area contributed by atoms with Crippen LogP contribution in [-0.4, -0.2) is 11.9 Å². The van der Waals surface area contributed by atoms with Gasteiger partial charge in [0.15, 0.2) is 0 Å². The molecule has 0 radical (unpaired) electrons. The van der Waals surface area contributed by atoms with Crippen molar-refractivity contribution in [3.05, 3.63) is 71.0 Å². The molecule has 2 aromatic carbocycles. The summed E-state index contributed by atoms with van der Waals surface area (Å²) in [6.45, 7) is 3.79. The lowest BCUT2D eigenvalue weighted by atomic mass is 9.96. The van der Waals surface area contributed by atoms with E-state index in [0.717, 1.165) is 17.5 Å². The van der Waals surface area contributed by atoms with Crippen molar-refractivity contribution in [2.45, 2.75) is 32.4 Å². The molecule has 0 saturated heterocycles. The molecule has 0 spiro atoms. The van der Waals surface area contributed by atoms with Gasteiger partial charge in [-0.2, -0.15) is 0 Å². The maximum absolute atomic E-state index is 13.5. The highest BCUT2D eigenvalue weighted by molar-refractivity contribution is 5.79. The van der Waals surface area contributed by atoms with E-state index in [1.165, 1.54) is 17.7 Å². The molecule has 0 aromatic heterocycles. The number of hydrogen-bond donors (Lipinski definition) is 2. The maximum Gasteiger partial charge on any atom is 0.234 e. The first-order chi connectivity index (χ1) is 10.5. The van der Waals surface area contributed by atoms with E-state index in [1.807, 2.05) is 30.3 Å². The molecule has 0 unspecified atom stereocenters. The second-order valence-electron chi connectivity index (χ2n) is 5.37. The SMILES string of the molecule is CCc1ccc([C@@H](N[C@@H](C)C(N)=O)c2cccc(F)c2)cc1. The molecule has 0 aliphatic carbocycles. The van der Waals surface area contributed by atoms with Gasteiger partial charge in [-0.25, -0.2) is 4.39 Å². The van der Waals surface area contributed by atoms with Crippen LogP contribution < -0.4 is 11.1 Å². The Morgan fingerprint density at radius 3 is 2.41 bits per heavy atom. The van der Waals surface area contributed by atoms with Crippen molar-refractivity contribution >= 4 is 5.91 Å². The Hall–Kier alpha value is -2.20. The molecular formula is C18H21FN2O. The van der Waals surface area contributed by atoms with Crippen LogP contribution in [0.2, 0.25) is 0 Å². The summed E-state index contributed by atoms with van der Waals surface area (Å²) in [6, 6.07) is 13.6. The van der Waals surface area contributed by atoms with Crippen LogP contribution in [0.25, 0.3) is 0 Å². The van der Waals surface area contributed by atoms with Crippen molar-refractivity contribution in [2.75, 3.05) is 0 Å². The third-order valence-corrected chi connectivity index (χ3v) is 3.75. The molecular weight excluding hydrogens is 279 g/mol. The average Bonchev–Trinajstić information content (AvgIpc) is 2.52. The van der Waals surface area contributed by atoms with Crippen molar-refractivity contribution in [3.8, 4) is 0 Å². The van der Waals surface area contributed by atoms with Crippen molar-refractivity contribution in [2.24, 2.45) is 5.73 Å². The molecule has 0 bridgehead atoms. The lowest BCUT2D eigenvalue weighted by molar-refractivity contribution is -0.119. The minimum atomic E-state index is -0.515. The van der Waals surface area contributed by atoms with E-state index in [9.17, 15) is 9.18 Å². The van der Waals surface area contributed by atoms with E-state index in [1.54, 1.807) is 13.0 Å². The highest BCUT2D eigenvalue weighted by atomic mass is 19.1. The normalized spacial score (nSPS) is 13.6. The van der Waals surface area contributed by atoms with Gasteiger partial charge in [0.1, 0.15) is 5.82 Å². The van der Waals surface area contributed by atoms with Gasteiger partial charge < -0.3 is 5.73 Å². The van der Waals surface area contributed by atoms with Crippen molar-refractivity contribution in [1.82, 2.24) is 5.32 Å². The minimum absolute atomic E-state index is 0.288. The average molecular weight is 300 g/mol. The Kier molecular flexibility index (Phi) is 5.28. The number of carbonyl (C=O) groups is 1. The van der Waals surface area contributed by atoms with Gasteiger partial charge in [0.05, 0.1) is 12.1 Å². The number of halogens is 1. The molecule has 2 rings (SSSR count). The lowest BCUT2D eigenvalue weighted by Crippen LogP contribution is -2.41. The first-order valence-corrected chi connectivity index (χ1v) is 7.41. The summed E-state index contributed by atoms with van der Waals surface area (Å²) in [5.74, 6) is -0.743. The molecule has 3 nitrogen and oxygen atoms in total. The van der Waals surface area contributed by atoms with Crippen molar-refractivity contribution in [1.29, 1.82) is 0 Å². The summed E-state index contributed by atoms with van der Waals surface area (Å²) in [5, 5.41) is 3.17. The maximum atomic E-state index is 13.5. The number of nitrogens with one attached hydrogen (secondary N) is 1. The van der Waals surface area contributed by atoms with Crippen molar-refractivity contribution in [3.63, 3.8) is 0 Å². The summed E-state index contributed by atoms with van der Waals surface area (Å²) in [4.78, 5) is 11.4. The number of hydrogen-bond acceptors (Lipinski definition) is 2. The summed E-state index contributed by atoms with van der Waals surface area (Å²) in [7, 11) is 0. The van der Waals surface area contributed by atoms with Gasteiger partial charge in [-0.3, -0.25) is 10.1 Å². The molecule has 2 atom stereocenters. The highest BCUT2D eigenvalue weighted by Crippen LogP contribution is 2.24. The van der Waals surface area contributed by atoms with Crippen LogP contribution in [0.5, 0.6) is 0 Å². The number of nitrogens with two attached hydrogens (primary N) is 1. The summed E-state index contributed by atoms with van der Waals surface area (Å²) < 4.78 is 13.5. The predicted octanol–water partition coefficient (Wildman–Crippen LogP) is 2.94. The number of carbonyl (C=O) groups excluding carboxylic acids is 1. The minimum Gasteiger partial charge on any atom is -0.368 e. The van der Waals surface area contributed by atoms with Crippen LogP contribution in [0, 0.1) is 5.82 Å². The monoisotopic (exact) mass is 300 g/mol. The lowest BCUT2D eigenvalue weighted by Gasteiger charge is -2.23. The number of amides is 1. The Morgan fingerprint density at radius 1 is 1.18 bits per heavy atom. The standard InChI is InChI=1S/C18H21FN2O/c1-3-13-7-9-14(10-8-13)17(21-12(2)18(20)22)15-5-4-6-16(19)11-15/h4-12,17,21H,3H2,1-2H3,(H2,20,22)/t12-,17+/m0/s1. The molecule has 1 amide bonds. The predicted molar refractivity (Wildman–Crippen MR) is 85.9 cm³/mol. The quantitative estimate of drug-likeness (QED) is 0.862. The van der Waals surface area contributed by atoms with E-state index in [-0.39, 0.29) is 11.9 Å². The Labute approximate surface area is 130 Å². The van der Waals surface area contributed by atoms with Gasteiger partial charge in [0.2, 0.25) is 5.91 Å². The van der Waals surface area contributed by atoms with Gasteiger partial charge in [0.25, 0.3) is 0 Å². The Bertz CT molecular complexity index is 640. The zero-order valence-corrected chi connectivity index (χ0v) is 12.8. The molecule has 0 heterocycles. The first kappa shape index (κ1) is 16.2. The first-order valence-electron chi connectivity index (χ1n) is 7.41. The van der Waals surface area contributed by atoms with Crippen molar-refractivity contribution < 1.29 is 9.18 Å². The fourth-order valence-corrected chi connectivity index (χ4v) is 2.35. The van der Waals surface area contributed by atoms with Gasteiger partial charge in [-0.15, -0.1) is 0 Å². The van der Waals surface area contributed by atoms with Gasteiger partial charge in [-0.05, 0) is 42.2 Å². The van der Waals surface area contributed by atoms with Crippen LogP contribution in [0.3, 0.4) is 0 Å². The summed E-state index contributed by atoms with van der Waals surface area (Å²) in [6.07, 6.45) is 0.954. The molecule has 0 fully saturated rings. The van der Waals surface area contributed by atoms with Crippen LogP contribution in [0.1, 0.15) is 36.6 Å². The fraction of sp³-hybridized carbons (Fsp3) is 0.278. The van der Waals surface area contributed by atoms with Gasteiger partial charge >= 0.3 is 0 Å².